The third-order valence-electron chi connectivity index (χ3n) is 5.46. The van der Waals surface area contributed by atoms with Crippen LogP contribution in [0.4, 0.5) is 8.78 Å². The maximum absolute atomic E-state index is 14.2. The highest BCUT2D eigenvalue weighted by Gasteiger charge is 2.32. The van der Waals surface area contributed by atoms with Gasteiger partial charge in [0.2, 0.25) is 0 Å². The summed E-state index contributed by atoms with van der Waals surface area (Å²) < 4.78 is 44.0. The van der Waals surface area contributed by atoms with Crippen molar-refractivity contribution >= 4 is 11.9 Å². The molecular formula is C24H30F2N2O6. The Balaban J connectivity index is 2.13. The molecule has 0 aliphatic heterocycles. The summed E-state index contributed by atoms with van der Waals surface area (Å²) in [5.74, 6) is -3.77. The summed E-state index contributed by atoms with van der Waals surface area (Å²) in [7, 11) is 1.33. The Morgan fingerprint density at radius 2 is 1.79 bits per heavy atom. The molecule has 0 aliphatic rings. The molecule has 0 spiro atoms. The summed E-state index contributed by atoms with van der Waals surface area (Å²) in [6.07, 6.45) is 0.965. The highest BCUT2D eigenvalue weighted by atomic mass is 19.1. The predicted octanol–water partition coefficient (Wildman–Crippen LogP) is 4.01. The van der Waals surface area contributed by atoms with Crippen molar-refractivity contribution in [1.82, 2.24) is 10.3 Å². The van der Waals surface area contributed by atoms with E-state index in [0.29, 0.717) is 12.8 Å². The number of nitrogens with zero attached hydrogens (tertiary/aromatic N) is 1. The molecule has 186 valence electrons. The van der Waals surface area contributed by atoms with E-state index < -0.39 is 47.5 Å². The van der Waals surface area contributed by atoms with E-state index in [4.69, 9.17) is 14.2 Å². The lowest BCUT2D eigenvalue weighted by Crippen LogP contribution is -2.45. The van der Waals surface area contributed by atoms with E-state index in [0.717, 1.165) is 18.2 Å². The molecule has 10 heteroatoms. The van der Waals surface area contributed by atoms with Crippen LogP contribution in [0.2, 0.25) is 0 Å². The molecule has 2 N–H and O–H groups in total. The van der Waals surface area contributed by atoms with Crippen LogP contribution in [0.3, 0.4) is 0 Å². The maximum Gasteiger partial charge on any atom is 0.328 e. The molecule has 0 aliphatic carbocycles. The van der Waals surface area contributed by atoms with Gasteiger partial charge in [-0.15, -0.1) is 0 Å². The Hall–Kier alpha value is -3.43. The second kappa shape index (κ2) is 12.2. The highest BCUT2D eigenvalue weighted by Crippen LogP contribution is 2.28. The van der Waals surface area contributed by atoms with Gasteiger partial charge in [-0.25, -0.2) is 18.6 Å². The number of aromatic nitrogens is 1. The molecule has 1 amide bonds. The Kier molecular flexibility index (Phi) is 9.58. The SMILES string of the molecule is CCC(CC)[C@@H](Oc1cc(F)ccc1F)[C@H](C)OC(=O)[C@H](C)NC(=O)c1nccc(OC)c1O. The van der Waals surface area contributed by atoms with Crippen molar-refractivity contribution in [3.63, 3.8) is 0 Å². The van der Waals surface area contributed by atoms with Crippen LogP contribution in [0.5, 0.6) is 17.2 Å². The molecule has 1 heterocycles. The van der Waals surface area contributed by atoms with Crippen LogP contribution in [0.1, 0.15) is 51.0 Å². The Labute approximate surface area is 197 Å². The fourth-order valence-corrected chi connectivity index (χ4v) is 3.49. The highest BCUT2D eigenvalue weighted by molar-refractivity contribution is 5.97. The number of hydrogen-bond acceptors (Lipinski definition) is 7. The molecule has 0 fully saturated rings. The number of halogens is 2. The molecule has 0 radical (unpaired) electrons. The van der Waals surface area contributed by atoms with E-state index in [-0.39, 0.29) is 23.1 Å². The van der Waals surface area contributed by atoms with Gasteiger partial charge in [-0.3, -0.25) is 4.79 Å². The first-order valence-corrected chi connectivity index (χ1v) is 11.0. The molecule has 0 unspecified atom stereocenters. The second-order valence-corrected chi connectivity index (χ2v) is 7.78. The van der Waals surface area contributed by atoms with E-state index in [9.17, 15) is 23.5 Å². The van der Waals surface area contributed by atoms with E-state index in [1.54, 1.807) is 6.92 Å². The Morgan fingerprint density at radius 1 is 1.12 bits per heavy atom. The molecule has 0 saturated heterocycles. The molecule has 1 aromatic heterocycles. The van der Waals surface area contributed by atoms with Gasteiger partial charge in [0.15, 0.2) is 28.8 Å². The van der Waals surface area contributed by atoms with Crippen molar-refractivity contribution in [2.75, 3.05) is 7.11 Å². The largest absolute Gasteiger partial charge is 0.503 e. The first kappa shape index (κ1) is 26.8. The standard InChI is InChI=1S/C24H30F2N2O6/c1-6-15(7-2)22(34-19-12-16(25)8-9-17(19)26)14(4)33-24(31)13(3)28-23(30)20-21(29)18(32-5)10-11-27-20/h8-15,22,29H,6-7H2,1-5H3,(H,28,30)/t13-,14-,22-/m0/s1. The minimum atomic E-state index is -1.10. The number of nitrogens with one attached hydrogen (secondary N) is 1. The molecule has 2 aromatic rings. The van der Waals surface area contributed by atoms with E-state index in [1.165, 1.54) is 26.3 Å². The Bertz CT molecular complexity index is 999. The molecule has 8 nitrogen and oxygen atoms in total. The van der Waals surface area contributed by atoms with Gasteiger partial charge in [0.25, 0.3) is 5.91 Å². The van der Waals surface area contributed by atoms with Gasteiger partial charge < -0.3 is 24.6 Å². The smallest absolute Gasteiger partial charge is 0.328 e. The van der Waals surface area contributed by atoms with Crippen molar-refractivity contribution in [3.8, 4) is 17.2 Å². The first-order chi connectivity index (χ1) is 16.1. The van der Waals surface area contributed by atoms with Crippen LogP contribution < -0.4 is 14.8 Å². The lowest BCUT2D eigenvalue weighted by molar-refractivity contribution is -0.156. The average Bonchev–Trinajstić information content (AvgIpc) is 2.81. The number of esters is 1. The van der Waals surface area contributed by atoms with Crippen LogP contribution >= 0.6 is 0 Å². The zero-order valence-corrected chi connectivity index (χ0v) is 19.8. The minimum Gasteiger partial charge on any atom is -0.503 e. The Morgan fingerprint density at radius 3 is 2.41 bits per heavy atom. The average molecular weight is 481 g/mol. The quantitative estimate of drug-likeness (QED) is 0.468. The number of rotatable bonds is 11. The molecule has 1 aromatic carbocycles. The number of carbonyl (C=O) groups excluding carboxylic acids is 2. The topological polar surface area (TPSA) is 107 Å². The summed E-state index contributed by atoms with van der Waals surface area (Å²) in [6, 6.07) is 3.17. The van der Waals surface area contributed by atoms with Crippen molar-refractivity contribution < 1.29 is 37.7 Å². The van der Waals surface area contributed by atoms with Gasteiger partial charge in [-0.1, -0.05) is 13.8 Å². The van der Waals surface area contributed by atoms with Gasteiger partial charge >= 0.3 is 5.97 Å². The second-order valence-electron chi connectivity index (χ2n) is 7.78. The monoisotopic (exact) mass is 480 g/mol. The van der Waals surface area contributed by atoms with Crippen LogP contribution in [0.15, 0.2) is 30.5 Å². The minimum absolute atomic E-state index is 0.0544. The van der Waals surface area contributed by atoms with Crippen LogP contribution in [0, 0.1) is 17.6 Å². The van der Waals surface area contributed by atoms with Crippen molar-refractivity contribution in [2.45, 2.75) is 58.8 Å². The summed E-state index contributed by atoms with van der Waals surface area (Å²) >= 11 is 0. The van der Waals surface area contributed by atoms with Crippen LogP contribution in [-0.2, 0) is 9.53 Å². The molecule has 34 heavy (non-hydrogen) atoms. The molecule has 2 rings (SSSR count). The van der Waals surface area contributed by atoms with Crippen molar-refractivity contribution in [1.29, 1.82) is 0 Å². The fraction of sp³-hybridized carbons (Fsp3) is 0.458. The maximum atomic E-state index is 14.2. The predicted molar refractivity (Wildman–Crippen MR) is 120 cm³/mol. The summed E-state index contributed by atoms with van der Waals surface area (Å²) in [6.45, 7) is 6.82. The number of hydrogen-bond donors (Lipinski definition) is 2. The third-order valence-corrected chi connectivity index (χ3v) is 5.46. The van der Waals surface area contributed by atoms with Crippen molar-refractivity contribution in [3.05, 3.63) is 47.8 Å². The van der Waals surface area contributed by atoms with Crippen molar-refractivity contribution in [2.24, 2.45) is 5.92 Å². The number of methoxy groups -OCH3 is 1. The normalized spacial score (nSPS) is 13.6. The number of pyridine rings is 1. The van der Waals surface area contributed by atoms with Gasteiger partial charge in [-0.2, -0.15) is 0 Å². The number of benzene rings is 1. The lowest BCUT2D eigenvalue weighted by atomic mass is 9.93. The van der Waals surface area contributed by atoms with Crippen LogP contribution in [-0.4, -0.2) is 47.3 Å². The zero-order chi connectivity index (χ0) is 25.4. The zero-order valence-electron chi connectivity index (χ0n) is 19.8. The first-order valence-electron chi connectivity index (χ1n) is 11.0. The molecule has 3 atom stereocenters. The molecular weight excluding hydrogens is 450 g/mol. The van der Waals surface area contributed by atoms with E-state index >= 15 is 0 Å². The van der Waals surface area contributed by atoms with Crippen LogP contribution in [0.25, 0.3) is 0 Å². The fourth-order valence-electron chi connectivity index (χ4n) is 3.49. The van der Waals surface area contributed by atoms with E-state index in [2.05, 4.69) is 10.3 Å². The third kappa shape index (κ3) is 6.55. The summed E-state index contributed by atoms with van der Waals surface area (Å²) in [5.41, 5.74) is -0.313. The number of ether oxygens (including phenoxy) is 3. The number of aromatic hydroxyl groups is 1. The van der Waals surface area contributed by atoms with Gasteiger partial charge in [0, 0.05) is 18.3 Å². The van der Waals surface area contributed by atoms with Gasteiger partial charge in [0.1, 0.15) is 24.1 Å². The summed E-state index contributed by atoms with van der Waals surface area (Å²) in [4.78, 5) is 29.0. The van der Waals surface area contributed by atoms with E-state index in [1.807, 2.05) is 13.8 Å². The van der Waals surface area contributed by atoms with Gasteiger partial charge in [0.05, 0.1) is 7.11 Å². The summed E-state index contributed by atoms with van der Waals surface area (Å²) in [5, 5.41) is 12.5. The number of amides is 1. The molecule has 0 saturated carbocycles. The molecule has 0 bridgehead atoms. The lowest BCUT2D eigenvalue weighted by Gasteiger charge is -2.31. The number of carbonyl (C=O) groups is 2. The van der Waals surface area contributed by atoms with Gasteiger partial charge in [-0.05, 0) is 44.7 Å².